The molecule has 1 aromatic rings. The monoisotopic (exact) mass is 445 g/mol. The van der Waals surface area contributed by atoms with Gasteiger partial charge in [-0.2, -0.15) is 0 Å². The van der Waals surface area contributed by atoms with E-state index in [1.165, 1.54) is 17.5 Å². The van der Waals surface area contributed by atoms with Crippen LogP contribution in [0.5, 0.6) is 11.5 Å². The summed E-state index contributed by atoms with van der Waals surface area (Å²) in [6, 6.07) is 4.65. The lowest BCUT2D eigenvalue weighted by molar-refractivity contribution is -0.154. The molecule has 1 aromatic carbocycles. The van der Waals surface area contributed by atoms with Crippen LogP contribution in [0.15, 0.2) is 12.1 Å². The Hall–Kier alpha value is -1.79. The molecule has 4 rings (SSSR count). The summed E-state index contributed by atoms with van der Waals surface area (Å²) in [4.78, 5) is 15.3. The number of benzene rings is 1. The highest BCUT2D eigenvalue weighted by atomic mass is 16.5. The maximum atomic E-state index is 12.7. The predicted octanol–water partition coefficient (Wildman–Crippen LogP) is 4.26. The minimum absolute atomic E-state index is 0.000444. The first-order chi connectivity index (χ1) is 15.5. The number of carbonyl (C=O) groups excluding carboxylic acids is 1. The van der Waals surface area contributed by atoms with Crippen molar-refractivity contribution >= 4 is 5.97 Å². The van der Waals surface area contributed by atoms with Gasteiger partial charge in [-0.3, -0.25) is 9.69 Å². The fraction of sp³-hybridized carbons (Fsp3) is 0.731. The van der Waals surface area contributed by atoms with E-state index in [2.05, 4.69) is 30.9 Å². The van der Waals surface area contributed by atoms with E-state index >= 15 is 0 Å². The maximum absolute atomic E-state index is 12.7. The van der Waals surface area contributed by atoms with Gasteiger partial charge >= 0.3 is 5.97 Å². The van der Waals surface area contributed by atoms with E-state index in [0.29, 0.717) is 43.6 Å². The molecule has 3 aliphatic heterocycles. The zero-order chi connectivity index (χ0) is 22.7. The molecule has 32 heavy (non-hydrogen) atoms. The van der Waals surface area contributed by atoms with Crippen LogP contribution >= 0.6 is 0 Å². The lowest BCUT2D eigenvalue weighted by Crippen LogP contribution is -2.47. The van der Waals surface area contributed by atoms with Gasteiger partial charge in [0.05, 0.1) is 26.7 Å². The highest BCUT2D eigenvalue weighted by Gasteiger charge is 2.40. The number of hydrogen-bond acceptors (Lipinski definition) is 6. The molecule has 0 N–H and O–H groups in total. The van der Waals surface area contributed by atoms with Crippen LogP contribution in [0, 0.1) is 23.7 Å². The topological polar surface area (TPSA) is 57.2 Å². The lowest BCUT2D eigenvalue weighted by Gasteiger charge is -2.47. The van der Waals surface area contributed by atoms with Gasteiger partial charge < -0.3 is 18.9 Å². The van der Waals surface area contributed by atoms with Crippen LogP contribution in [0.4, 0.5) is 0 Å². The number of ether oxygens (including phenoxy) is 4. The predicted molar refractivity (Wildman–Crippen MR) is 123 cm³/mol. The molecule has 3 atom stereocenters. The van der Waals surface area contributed by atoms with Crippen molar-refractivity contribution in [3.8, 4) is 11.5 Å². The van der Waals surface area contributed by atoms with E-state index in [1.807, 2.05) is 0 Å². The van der Waals surface area contributed by atoms with Crippen LogP contribution in [0.25, 0.3) is 0 Å². The first-order valence-corrected chi connectivity index (χ1v) is 12.2. The molecule has 0 amide bonds. The van der Waals surface area contributed by atoms with Gasteiger partial charge in [-0.05, 0) is 73.1 Å². The van der Waals surface area contributed by atoms with E-state index in [-0.39, 0.29) is 11.9 Å². The van der Waals surface area contributed by atoms with E-state index in [9.17, 15) is 4.79 Å². The van der Waals surface area contributed by atoms with Gasteiger partial charge in [0.2, 0.25) is 0 Å². The molecule has 0 spiro atoms. The van der Waals surface area contributed by atoms with Gasteiger partial charge in [-0.15, -0.1) is 0 Å². The van der Waals surface area contributed by atoms with Crippen molar-refractivity contribution in [1.82, 2.24) is 4.90 Å². The summed E-state index contributed by atoms with van der Waals surface area (Å²) in [7, 11) is 3.39. The van der Waals surface area contributed by atoms with Crippen molar-refractivity contribution in [2.75, 3.05) is 47.1 Å². The molecule has 0 bridgehead atoms. The number of fused-ring (bicyclic) bond motifs is 3. The highest BCUT2D eigenvalue weighted by molar-refractivity contribution is 5.72. The first-order valence-electron chi connectivity index (χ1n) is 12.2. The Morgan fingerprint density at radius 3 is 2.53 bits per heavy atom. The largest absolute Gasteiger partial charge is 0.493 e. The second kappa shape index (κ2) is 10.4. The number of nitrogens with zero attached hydrogens (tertiary/aromatic N) is 1. The second-order valence-corrected chi connectivity index (χ2v) is 10.1. The molecule has 0 saturated carbocycles. The molecule has 178 valence electrons. The zero-order valence-electron chi connectivity index (χ0n) is 20.1. The Bertz CT molecular complexity index is 789. The van der Waals surface area contributed by atoms with Gasteiger partial charge in [-0.1, -0.05) is 13.8 Å². The van der Waals surface area contributed by atoms with Crippen molar-refractivity contribution in [3.05, 3.63) is 23.3 Å². The van der Waals surface area contributed by atoms with Crippen LogP contribution in [-0.2, 0) is 20.7 Å². The van der Waals surface area contributed by atoms with Gasteiger partial charge in [0.15, 0.2) is 11.5 Å². The molecular weight excluding hydrogens is 406 g/mol. The Morgan fingerprint density at radius 2 is 1.84 bits per heavy atom. The summed E-state index contributed by atoms with van der Waals surface area (Å²) >= 11 is 0. The van der Waals surface area contributed by atoms with E-state index < -0.39 is 0 Å². The highest BCUT2D eigenvalue weighted by Crippen LogP contribution is 2.45. The number of rotatable bonds is 7. The summed E-state index contributed by atoms with van der Waals surface area (Å²) in [6.07, 6.45) is 4.78. The van der Waals surface area contributed by atoms with Crippen molar-refractivity contribution in [2.24, 2.45) is 23.7 Å². The molecular formula is C26H39NO5. The Labute approximate surface area is 192 Å². The minimum atomic E-state index is -0.0329. The van der Waals surface area contributed by atoms with Crippen LogP contribution in [0.3, 0.4) is 0 Å². The number of carbonyl (C=O) groups is 1. The lowest BCUT2D eigenvalue weighted by atomic mass is 9.74. The molecule has 6 nitrogen and oxygen atoms in total. The summed E-state index contributed by atoms with van der Waals surface area (Å²) in [6.45, 7) is 8.57. The Morgan fingerprint density at radius 1 is 1.12 bits per heavy atom. The van der Waals surface area contributed by atoms with Crippen LogP contribution in [-0.4, -0.2) is 58.0 Å². The molecule has 0 aromatic heterocycles. The molecule has 6 heteroatoms. The number of piperidine rings is 1. The molecule has 2 saturated heterocycles. The Kier molecular flexibility index (Phi) is 7.62. The molecule has 3 aliphatic rings. The number of hydrogen-bond donors (Lipinski definition) is 0. The van der Waals surface area contributed by atoms with E-state index in [0.717, 1.165) is 50.3 Å². The molecule has 0 radical (unpaired) electrons. The third-order valence-electron chi connectivity index (χ3n) is 7.54. The van der Waals surface area contributed by atoms with Crippen molar-refractivity contribution < 1.29 is 23.7 Å². The quantitative estimate of drug-likeness (QED) is 0.585. The fourth-order valence-electron chi connectivity index (χ4n) is 5.82. The molecule has 3 unspecified atom stereocenters. The Balaban J connectivity index is 1.51. The average Bonchev–Trinajstić information content (AvgIpc) is 2.81. The number of methoxy groups -OCH3 is 2. The molecule has 3 heterocycles. The third-order valence-corrected chi connectivity index (χ3v) is 7.54. The SMILES string of the molecule is COc1cc2c(cc1OC)C1CC(COC(=O)C3CCOCC3)C(CC(C)C)CN1CC2. The van der Waals surface area contributed by atoms with Crippen LogP contribution in [0.2, 0.25) is 0 Å². The standard InChI is InChI=1S/C26H39NO5/c1-17(2)11-20-15-27-8-5-19-13-24(29-3)25(30-4)14-22(19)23(27)12-21(20)16-32-26(28)18-6-9-31-10-7-18/h13-14,17-18,20-21,23H,5-12,15-16H2,1-4H3. The van der Waals surface area contributed by atoms with Crippen LogP contribution < -0.4 is 9.47 Å². The summed E-state index contributed by atoms with van der Waals surface area (Å²) in [5.41, 5.74) is 2.70. The molecule has 2 fully saturated rings. The summed E-state index contributed by atoms with van der Waals surface area (Å²) in [5.74, 6) is 3.12. The molecule has 0 aliphatic carbocycles. The van der Waals surface area contributed by atoms with Gasteiger partial charge in [0.1, 0.15) is 0 Å². The van der Waals surface area contributed by atoms with E-state index in [4.69, 9.17) is 18.9 Å². The minimum Gasteiger partial charge on any atom is -0.493 e. The summed E-state index contributed by atoms with van der Waals surface area (Å²) in [5, 5.41) is 0. The van der Waals surface area contributed by atoms with Gasteiger partial charge in [0.25, 0.3) is 0 Å². The van der Waals surface area contributed by atoms with Gasteiger partial charge in [-0.25, -0.2) is 0 Å². The second-order valence-electron chi connectivity index (χ2n) is 10.1. The third kappa shape index (κ3) is 5.07. The van der Waals surface area contributed by atoms with E-state index in [1.54, 1.807) is 14.2 Å². The van der Waals surface area contributed by atoms with Gasteiger partial charge in [0, 0.05) is 32.3 Å². The van der Waals surface area contributed by atoms with Crippen molar-refractivity contribution in [2.45, 2.75) is 52.0 Å². The normalized spacial score (nSPS) is 26.3. The summed E-state index contributed by atoms with van der Waals surface area (Å²) < 4.78 is 22.5. The fourth-order valence-corrected chi connectivity index (χ4v) is 5.82. The zero-order valence-corrected chi connectivity index (χ0v) is 20.1. The van der Waals surface area contributed by atoms with Crippen LogP contribution in [0.1, 0.15) is 56.7 Å². The number of esters is 1. The van der Waals surface area contributed by atoms with Crippen molar-refractivity contribution in [1.29, 1.82) is 0 Å². The maximum Gasteiger partial charge on any atom is 0.309 e. The first kappa shape index (κ1) is 23.4. The smallest absolute Gasteiger partial charge is 0.309 e. The van der Waals surface area contributed by atoms with Crippen molar-refractivity contribution in [3.63, 3.8) is 0 Å². The average molecular weight is 446 g/mol.